The Hall–Kier alpha value is -2.25. The van der Waals surface area contributed by atoms with Gasteiger partial charge in [-0.2, -0.15) is 0 Å². The van der Waals surface area contributed by atoms with Gasteiger partial charge in [0.15, 0.2) is 0 Å². The molecule has 2 rings (SSSR count). The smallest absolute Gasteiger partial charge is 0.241 e. The molecular weight excluding hydrogens is 400 g/mol. The van der Waals surface area contributed by atoms with E-state index in [1.807, 2.05) is 31.2 Å². The average Bonchev–Trinajstić information content (AvgIpc) is 2.58. The summed E-state index contributed by atoms with van der Waals surface area (Å²) in [5.41, 5.74) is 2.09. The van der Waals surface area contributed by atoms with Gasteiger partial charge in [-0.15, -0.1) is 0 Å². The van der Waals surface area contributed by atoms with Crippen LogP contribution < -0.4 is 14.4 Å². The van der Waals surface area contributed by atoms with Crippen LogP contribution in [0.15, 0.2) is 42.5 Å². The Morgan fingerprint density at radius 1 is 1.18 bits per heavy atom. The van der Waals surface area contributed by atoms with Crippen molar-refractivity contribution in [2.45, 2.75) is 26.8 Å². The first-order chi connectivity index (χ1) is 13.1. The van der Waals surface area contributed by atoms with E-state index >= 15 is 0 Å². The fourth-order valence-corrected chi connectivity index (χ4v) is 3.85. The van der Waals surface area contributed by atoms with E-state index in [1.165, 1.54) is 0 Å². The molecule has 0 heterocycles. The minimum atomic E-state index is -3.65. The molecule has 2 aromatic carbocycles. The van der Waals surface area contributed by atoms with Gasteiger partial charge in [-0.3, -0.25) is 9.10 Å². The molecule has 28 heavy (non-hydrogen) atoms. The number of anilines is 1. The highest BCUT2D eigenvalue weighted by atomic mass is 35.5. The Morgan fingerprint density at radius 2 is 1.86 bits per heavy atom. The first-order valence-electron chi connectivity index (χ1n) is 8.79. The van der Waals surface area contributed by atoms with Gasteiger partial charge in [0.1, 0.15) is 18.9 Å². The number of aryl methyl sites for hydroxylation is 2. The molecule has 152 valence electrons. The normalized spacial score (nSPS) is 12.3. The molecule has 1 N–H and O–H groups in total. The number of hydrogen-bond donors (Lipinski definition) is 1. The topological polar surface area (TPSA) is 75.7 Å². The maximum atomic E-state index is 12.4. The summed E-state index contributed by atoms with van der Waals surface area (Å²) < 4.78 is 31.3. The number of benzene rings is 2. The zero-order chi connectivity index (χ0) is 20.9. The first kappa shape index (κ1) is 22.0. The quantitative estimate of drug-likeness (QED) is 0.705. The highest BCUT2D eigenvalue weighted by Gasteiger charge is 2.23. The molecule has 1 atom stereocenters. The van der Waals surface area contributed by atoms with Crippen molar-refractivity contribution in [3.05, 3.63) is 58.6 Å². The molecule has 0 aliphatic rings. The van der Waals surface area contributed by atoms with Crippen LogP contribution in [0.25, 0.3) is 0 Å². The van der Waals surface area contributed by atoms with Crippen LogP contribution in [0, 0.1) is 13.8 Å². The number of nitrogens with zero attached hydrogens (tertiary/aromatic N) is 1. The lowest BCUT2D eigenvalue weighted by Gasteiger charge is -2.25. The molecular formula is C20H25ClN2O4S. The van der Waals surface area contributed by atoms with Gasteiger partial charge >= 0.3 is 0 Å². The molecule has 0 fully saturated rings. The summed E-state index contributed by atoms with van der Waals surface area (Å²) in [5, 5.41) is 3.28. The van der Waals surface area contributed by atoms with E-state index in [0.717, 1.165) is 21.9 Å². The van der Waals surface area contributed by atoms with Gasteiger partial charge in [-0.25, -0.2) is 8.42 Å². The Balaban J connectivity index is 2.02. The number of hydrogen-bond acceptors (Lipinski definition) is 4. The van der Waals surface area contributed by atoms with Crippen LogP contribution >= 0.6 is 11.6 Å². The van der Waals surface area contributed by atoms with Crippen LogP contribution in [0.1, 0.15) is 18.1 Å². The van der Waals surface area contributed by atoms with Crippen LogP contribution in [0.2, 0.25) is 5.02 Å². The van der Waals surface area contributed by atoms with Crippen molar-refractivity contribution in [1.82, 2.24) is 5.32 Å². The van der Waals surface area contributed by atoms with Crippen LogP contribution in [0.5, 0.6) is 5.75 Å². The summed E-state index contributed by atoms with van der Waals surface area (Å²) in [4.78, 5) is 12.4. The molecule has 2 aromatic rings. The van der Waals surface area contributed by atoms with Crippen molar-refractivity contribution in [3.8, 4) is 5.75 Å². The minimum absolute atomic E-state index is 0.273. The lowest BCUT2D eigenvalue weighted by molar-refractivity contribution is -0.120. The standard InChI is InChI=1S/C20H25ClN2O4S/c1-14-7-5-6-8-19(14)27-13-16(3)22-20(24)12-23(28(4,25)26)18-10-9-17(21)11-15(18)2/h5-11,16H,12-13H2,1-4H3,(H,22,24). The second-order valence-electron chi connectivity index (χ2n) is 6.75. The maximum Gasteiger partial charge on any atom is 0.241 e. The summed E-state index contributed by atoms with van der Waals surface area (Å²) in [5.74, 6) is 0.332. The van der Waals surface area contributed by atoms with Crippen molar-refractivity contribution in [3.63, 3.8) is 0 Å². The van der Waals surface area contributed by atoms with E-state index in [0.29, 0.717) is 16.3 Å². The van der Waals surface area contributed by atoms with Crippen LogP contribution in [0.3, 0.4) is 0 Å². The van der Waals surface area contributed by atoms with Crippen LogP contribution in [0.4, 0.5) is 5.69 Å². The molecule has 0 bridgehead atoms. The number of nitrogens with one attached hydrogen (secondary N) is 1. The summed E-state index contributed by atoms with van der Waals surface area (Å²) in [6.07, 6.45) is 1.07. The predicted octanol–water partition coefficient (Wildman–Crippen LogP) is 3.31. The van der Waals surface area contributed by atoms with E-state index < -0.39 is 15.9 Å². The Bertz CT molecular complexity index is 947. The zero-order valence-corrected chi connectivity index (χ0v) is 18.0. The van der Waals surface area contributed by atoms with Gasteiger partial charge in [0, 0.05) is 5.02 Å². The summed E-state index contributed by atoms with van der Waals surface area (Å²) in [6.45, 7) is 5.44. The van der Waals surface area contributed by atoms with Gasteiger partial charge in [0.05, 0.1) is 18.0 Å². The summed E-state index contributed by atoms with van der Waals surface area (Å²) in [7, 11) is -3.65. The maximum absolute atomic E-state index is 12.4. The number of halogens is 1. The van der Waals surface area contributed by atoms with Crippen molar-refractivity contribution < 1.29 is 17.9 Å². The SMILES string of the molecule is Cc1ccccc1OCC(C)NC(=O)CN(c1ccc(Cl)cc1C)S(C)(=O)=O. The Labute approximate surface area is 171 Å². The average molecular weight is 425 g/mol. The molecule has 0 saturated carbocycles. The molecule has 0 saturated heterocycles. The van der Waals surface area contributed by atoms with Crippen molar-refractivity contribution in [2.24, 2.45) is 0 Å². The molecule has 8 heteroatoms. The highest BCUT2D eigenvalue weighted by Crippen LogP contribution is 2.25. The third-order valence-electron chi connectivity index (χ3n) is 4.10. The fraction of sp³-hybridized carbons (Fsp3) is 0.350. The monoisotopic (exact) mass is 424 g/mol. The summed E-state index contributed by atoms with van der Waals surface area (Å²) in [6, 6.07) is 12.2. The molecule has 0 aromatic heterocycles. The second kappa shape index (κ2) is 9.30. The number of carbonyl (C=O) groups is 1. The Morgan fingerprint density at radius 3 is 2.46 bits per heavy atom. The molecule has 1 amide bonds. The third kappa shape index (κ3) is 6.14. The van der Waals surface area contributed by atoms with E-state index in [-0.39, 0.29) is 19.2 Å². The number of sulfonamides is 1. The zero-order valence-electron chi connectivity index (χ0n) is 16.4. The molecule has 0 spiro atoms. The lowest BCUT2D eigenvalue weighted by atomic mass is 10.2. The van der Waals surface area contributed by atoms with Gasteiger partial charge in [-0.1, -0.05) is 29.8 Å². The molecule has 1 unspecified atom stereocenters. The molecule has 6 nitrogen and oxygen atoms in total. The molecule has 0 aliphatic carbocycles. The van der Waals surface area contributed by atoms with Gasteiger partial charge in [-0.05, 0) is 56.2 Å². The van der Waals surface area contributed by atoms with E-state index in [9.17, 15) is 13.2 Å². The number of carbonyl (C=O) groups excluding carboxylic acids is 1. The van der Waals surface area contributed by atoms with Crippen LogP contribution in [-0.4, -0.2) is 39.8 Å². The Kier molecular flexibility index (Phi) is 7.32. The number of para-hydroxylation sites is 1. The van der Waals surface area contributed by atoms with E-state index in [4.69, 9.17) is 16.3 Å². The van der Waals surface area contributed by atoms with Gasteiger partial charge in [0.2, 0.25) is 15.9 Å². The van der Waals surface area contributed by atoms with E-state index in [1.54, 1.807) is 32.0 Å². The van der Waals surface area contributed by atoms with Crippen LogP contribution in [-0.2, 0) is 14.8 Å². The third-order valence-corrected chi connectivity index (χ3v) is 5.47. The van der Waals surface area contributed by atoms with Crippen molar-refractivity contribution in [2.75, 3.05) is 23.7 Å². The highest BCUT2D eigenvalue weighted by molar-refractivity contribution is 7.92. The first-order valence-corrected chi connectivity index (χ1v) is 11.0. The number of ether oxygens (including phenoxy) is 1. The van der Waals surface area contributed by atoms with Gasteiger partial charge in [0.25, 0.3) is 0 Å². The fourth-order valence-electron chi connectivity index (χ4n) is 2.71. The number of rotatable bonds is 8. The van der Waals surface area contributed by atoms with Crippen molar-refractivity contribution >= 4 is 33.2 Å². The predicted molar refractivity (Wildman–Crippen MR) is 113 cm³/mol. The lowest BCUT2D eigenvalue weighted by Crippen LogP contribution is -2.45. The van der Waals surface area contributed by atoms with Crippen molar-refractivity contribution in [1.29, 1.82) is 0 Å². The van der Waals surface area contributed by atoms with E-state index in [2.05, 4.69) is 5.32 Å². The number of amides is 1. The minimum Gasteiger partial charge on any atom is -0.491 e. The largest absolute Gasteiger partial charge is 0.491 e. The second-order valence-corrected chi connectivity index (χ2v) is 9.09. The molecule has 0 radical (unpaired) electrons. The molecule has 0 aliphatic heterocycles. The summed E-state index contributed by atoms with van der Waals surface area (Å²) >= 11 is 5.95. The van der Waals surface area contributed by atoms with Gasteiger partial charge < -0.3 is 10.1 Å².